The second-order valence-electron chi connectivity index (χ2n) is 10.1. The molecule has 0 unspecified atom stereocenters. The van der Waals surface area contributed by atoms with Crippen LogP contribution in [0.25, 0.3) is 11.3 Å². The average molecular weight is 504 g/mol. The van der Waals surface area contributed by atoms with E-state index in [1.165, 1.54) is 4.90 Å². The van der Waals surface area contributed by atoms with E-state index in [4.69, 9.17) is 4.74 Å². The van der Waals surface area contributed by atoms with Crippen LogP contribution in [0.3, 0.4) is 0 Å². The number of ether oxygens (including phenoxy) is 1. The Bertz CT molecular complexity index is 1290. The topological polar surface area (TPSA) is 116 Å². The van der Waals surface area contributed by atoms with Gasteiger partial charge in [0, 0.05) is 49.6 Å². The summed E-state index contributed by atoms with van der Waals surface area (Å²) < 4.78 is 5.32. The third-order valence-corrected chi connectivity index (χ3v) is 5.93. The van der Waals surface area contributed by atoms with Crippen LogP contribution in [0.5, 0.6) is 0 Å². The Morgan fingerprint density at radius 2 is 1.89 bits per heavy atom. The molecule has 194 valence electrons. The van der Waals surface area contributed by atoms with Crippen LogP contribution < -0.4 is 10.6 Å². The van der Waals surface area contributed by atoms with Gasteiger partial charge in [-0.05, 0) is 57.9 Å². The number of H-pyrrole nitrogens is 1. The molecule has 3 aromatic rings. The van der Waals surface area contributed by atoms with Crippen LogP contribution in [0, 0.1) is 0 Å². The fraction of sp³-hybridized carbons (Fsp3) is 0.357. The summed E-state index contributed by atoms with van der Waals surface area (Å²) in [7, 11) is 1.59. The van der Waals surface area contributed by atoms with Gasteiger partial charge in [0.25, 0.3) is 0 Å². The molecule has 0 radical (unpaired) electrons. The lowest BCUT2D eigenvalue weighted by Gasteiger charge is -2.24. The van der Waals surface area contributed by atoms with Crippen LogP contribution in [0.2, 0.25) is 0 Å². The van der Waals surface area contributed by atoms with Crippen molar-refractivity contribution in [3.05, 3.63) is 59.9 Å². The van der Waals surface area contributed by atoms with E-state index in [9.17, 15) is 14.4 Å². The standard InChI is InChI=1S/C28H33N5O4/c1-28(2,3)37-27(36)33(4)16-14-23(35)32-22-17-18(13-15-29-22)25-26(30-19-9-6-5-7-10-19)24-20(31-25)11-8-12-21(24)34/h5-7,9-10,13,15,17,30-31H,8,11-12,14,16H2,1-4H3,(H,29,32,35). The van der Waals surface area contributed by atoms with Crippen molar-refractivity contribution in [1.82, 2.24) is 14.9 Å². The number of rotatable bonds is 7. The molecule has 0 saturated carbocycles. The summed E-state index contributed by atoms with van der Waals surface area (Å²) in [5, 5.41) is 6.22. The molecule has 2 heterocycles. The number of carbonyl (C=O) groups excluding carboxylic acids is 3. The number of nitrogens with zero attached hydrogens (tertiary/aromatic N) is 2. The third kappa shape index (κ3) is 6.55. The van der Waals surface area contributed by atoms with Crippen LogP contribution in [0.15, 0.2) is 48.7 Å². The summed E-state index contributed by atoms with van der Waals surface area (Å²) in [6.45, 7) is 5.58. The van der Waals surface area contributed by atoms with Crippen molar-refractivity contribution in [3.63, 3.8) is 0 Å². The zero-order valence-electron chi connectivity index (χ0n) is 21.7. The summed E-state index contributed by atoms with van der Waals surface area (Å²) in [6.07, 6.45) is 3.35. The summed E-state index contributed by atoms with van der Waals surface area (Å²) in [4.78, 5) is 46.7. The molecule has 0 saturated heterocycles. The van der Waals surface area contributed by atoms with Gasteiger partial charge in [-0.15, -0.1) is 0 Å². The Kier molecular flexibility index (Phi) is 7.61. The van der Waals surface area contributed by atoms with E-state index in [0.29, 0.717) is 17.8 Å². The summed E-state index contributed by atoms with van der Waals surface area (Å²) in [6, 6.07) is 13.3. The molecule has 0 atom stereocenters. The predicted octanol–water partition coefficient (Wildman–Crippen LogP) is 5.53. The second kappa shape index (κ2) is 10.9. The van der Waals surface area contributed by atoms with Crippen molar-refractivity contribution in [1.29, 1.82) is 0 Å². The number of nitrogens with one attached hydrogen (secondary N) is 3. The minimum absolute atomic E-state index is 0.0910. The van der Waals surface area contributed by atoms with Crippen molar-refractivity contribution in [2.75, 3.05) is 24.2 Å². The van der Waals surface area contributed by atoms with Crippen molar-refractivity contribution in [3.8, 4) is 11.3 Å². The first kappa shape index (κ1) is 25.9. The zero-order valence-corrected chi connectivity index (χ0v) is 21.7. The molecule has 4 rings (SSSR count). The van der Waals surface area contributed by atoms with E-state index in [1.54, 1.807) is 40.1 Å². The normalized spacial score (nSPS) is 13.0. The average Bonchev–Trinajstić information content (AvgIpc) is 3.22. The van der Waals surface area contributed by atoms with E-state index >= 15 is 0 Å². The number of aryl methyl sites for hydroxylation is 1. The number of aromatic amines is 1. The van der Waals surface area contributed by atoms with Gasteiger partial charge in [-0.1, -0.05) is 18.2 Å². The number of amides is 2. The number of hydrogen-bond donors (Lipinski definition) is 3. The fourth-order valence-electron chi connectivity index (χ4n) is 4.17. The van der Waals surface area contributed by atoms with E-state index in [1.807, 2.05) is 36.4 Å². The molecular weight excluding hydrogens is 470 g/mol. The van der Waals surface area contributed by atoms with Crippen molar-refractivity contribution in [2.45, 2.75) is 52.1 Å². The van der Waals surface area contributed by atoms with Crippen molar-refractivity contribution < 1.29 is 19.1 Å². The minimum atomic E-state index is -0.603. The van der Waals surface area contributed by atoms with Crippen LogP contribution in [0.1, 0.15) is 56.1 Å². The van der Waals surface area contributed by atoms with Crippen LogP contribution in [-0.2, 0) is 16.0 Å². The maximum Gasteiger partial charge on any atom is 0.410 e. The lowest BCUT2D eigenvalue weighted by molar-refractivity contribution is -0.116. The van der Waals surface area contributed by atoms with Gasteiger partial charge >= 0.3 is 6.09 Å². The van der Waals surface area contributed by atoms with Gasteiger partial charge in [-0.25, -0.2) is 9.78 Å². The Labute approximate surface area is 216 Å². The SMILES string of the molecule is CN(CCC(=O)Nc1cc(-c2[nH]c3c(c2Nc2ccccc2)C(=O)CCC3)ccn1)C(=O)OC(C)(C)C. The molecule has 9 heteroatoms. The summed E-state index contributed by atoms with van der Waals surface area (Å²) >= 11 is 0. The monoisotopic (exact) mass is 503 g/mol. The Balaban J connectivity index is 1.51. The highest BCUT2D eigenvalue weighted by Gasteiger charge is 2.27. The number of anilines is 3. The van der Waals surface area contributed by atoms with Gasteiger partial charge in [0.05, 0.1) is 16.9 Å². The number of Topliss-reactive ketones (excluding diaryl/α,β-unsaturated/α-hetero) is 1. The number of pyridine rings is 1. The first-order valence-electron chi connectivity index (χ1n) is 12.4. The zero-order chi connectivity index (χ0) is 26.6. The lowest BCUT2D eigenvalue weighted by atomic mass is 9.95. The predicted molar refractivity (Wildman–Crippen MR) is 143 cm³/mol. The Hall–Kier alpha value is -4.14. The molecule has 37 heavy (non-hydrogen) atoms. The highest BCUT2D eigenvalue weighted by molar-refractivity contribution is 6.07. The van der Waals surface area contributed by atoms with E-state index in [0.717, 1.165) is 41.2 Å². The Morgan fingerprint density at radius 1 is 1.14 bits per heavy atom. The molecule has 0 bridgehead atoms. The van der Waals surface area contributed by atoms with Crippen LogP contribution in [0.4, 0.5) is 22.0 Å². The van der Waals surface area contributed by atoms with Crippen LogP contribution >= 0.6 is 0 Å². The van der Waals surface area contributed by atoms with Crippen LogP contribution in [-0.4, -0.2) is 51.8 Å². The molecule has 2 aromatic heterocycles. The number of hydrogen-bond acceptors (Lipinski definition) is 6. The van der Waals surface area contributed by atoms with Crippen molar-refractivity contribution >= 4 is 35.0 Å². The second-order valence-corrected chi connectivity index (χ2v) is 10.1. The van der Waals surface area contributed by atoms with Gasteiger partial charge in [0.15, 0.2) is 5.78 Å². The molecule has 1 aliphatic carbocycles. The third-order valence-electron chi connectivity index (χ3n) is 5.93. The number of fused-ring (bicyclic) bond motifs is 1. The first-order chi connectivity index (χ1) is 17.6. The number of ketones is 1. The molecule has 0 fully saturated rings. The lowest BCUT2D eigenvalue weighted by Crippen LogP contribution is -2.35. The van der Waals surface area contributed by atoms with Gasteiger partial charge in [0.1, 0.15) is 11.4 Å². The van der Waals surface area contributed by atoms with Gasteiger partial charge in [0.2, 0.25) is 5.91 Å². The van der Waals surface area contributed by atoms with E-state index in [2.05, 4.69) is 20.6 Å². The molecule has 0 spiro atoms. The molecular formula is C28H33N5O4. The largest absolute Gasteiger partial charge is 0.444 e. The molecule has 3 N–H and O–H groups in total. The summed E-state index contributed by atoms with van der Waals surface area (Å²) in [5.74, 6) is 0.217. The molecule has 9 nitrogen and oxygen atoms in total. The first-order valence-corrected chi connectivity index (χ1v) is 12.4. The minimum Gasteiger partial charge on any atom is -0.444 e. The summed E-state index contributed by atoms with van der Waals surface area (Å²) in [5.41, 5.74) is 4.17. The molecule has 1 aromatic carbocycles. The molecule has 1 aliphatic rings. The molecule has 0 aliphatic heterocycles. The molecule has 2 amide bonds. The van der Waals surface area contributed by atoms with E-state index < -0.39 is 11.7 Å². The number of benzene rings is 1. The van der Waals surface area contributed by atoms with Gasteiger partial charge < -0.3 is 25.3 Å². The highest BCUT2D eigenvalue weighted by atomic mass is 16.6. The number of para-hydroxylation sites is 1. The smallest absolute Gasteiger partial charge is 0.410 e. The maximum atomic E-state index is 12.8. The van der Waals surface area contributed by atoms with Gasteiger partial charge in [-0.2, -0.15) is 0 Å². The van der Waals surface area contributed by atoms with Gasteiger partial charge in [-0.3, -0.25) is 9.59 Å². The number of carbonyl (C=O) groups is 3. The maximum absolute atomic E-state index is 12.8. The quantitative estimate of drug-likeness (QED) is 0.390. The van der Waals surface area contributed by atoms with E-state index in [-0.39, 0.29) is 24.7 Å². The highest BCUT2D eigenvalue weighted by Crippen LogP contribution is 2.39. The fourth-order valence-corrected chi connectivity index (χ4v) is 4.17. The Morgan fingerprint density at radius 3 is 2.62 bits per heavy atom. The number of aromatic nitrogens is 2. The van der Waals surface area contributed by atoms with Crippen molar-refractivity contribution in [2.24, 2.45) is 0 Å².